The zero-order valence-corrected chi connectivity index (χ0v) is 16.0. The Morgan fingerprint density at radius 3 is 2.41 bits per heavy atom. The van der Waals surface area contributed by atoms with Gasteiger partial charge in [-0.3, -0.25) is 4.79 Å². The molecule has 5 nitrogen and oxygen atoms in total. The van der Waals surface area contributed by atoms with Gasteiger partial charge in [-0.2, -0.15) is 0 Å². The summed E-state index contributed by atoms with van der Waals surface area (Å²) in [6.07, 6.45) is 4.05. The van der Waals surface area contributed by atoms with E-state index in [2.05, 4.69) is 12.2 Å². The highest BCUT2D eigenvalue weighted by atomic mass is 16.5. The van der Waals surface area contributed by atoms with Gasteiger partial charge in [0.05, 0.1) is 17.7 Å². The summed E-state index contributed by atoms with van der Waals surface area (Å²) in [7, 11) is 0. The van der Waals surface area contributed by atoms with Crippen molar-refractivity contribution in [3.63, 3.8) is 0 Å². The van der Waals surface area contributed by atoms with Crippen molar-refractivity contribution in [3.8, 4) is 5.75 Å². The van der Waals surface area contributed by atoms with Crippen LogP contribution in [-0.2, 0) is 4.74 Å². The highest BCUT2D eigenvalue weighted by molar-refractivity contribution is 6.17. The van der Waals surface area contributed by atoms with E-state index in [0.717, 1.165) is 25.7 Å². The third-order valence-electron chi connectivity index (χ3n) is 4.24. The number of unbranched alkanes of at least 4 members (excludes halogenated alkanes) is 3. The summed E-state index contributed by atoms with van der Waals surface area (Å²) in [4.78, 5) is 25.7. The third-order valence-corrected chi connectivity index (χ3v) is 4.24. The Bertz CT molecular complexity index is 768. The van der Waals surface area contributed by atoms with Gasteiger partial charge in [0.25, 0.3) is 0 Å². The van der Waals surface area contributed by atoms with Gasteiger partial charge in [0, 0.05) is 17.8 Å². The number of rotatable bonds is 10. The van der Waals surface area contributed by atoms with Crippen molar-refractivity contribution in [2.24, 2.45) is 0 Å². The molecule has 2 rings (SSSR count). The minimum absolute atomic E-state index is 0.0817. The third kappa shape index (κ3) is 5.58. The van der Waals surface area contributed by atoms with Crippen molar-refractivity contribution >= 4 is 17.4 Å². The first-order valence-electron chi connectivity index (χ1n) is 9.46. The van der Waals surface area contributed by atoms with Crippen molar-refractivity contribution < 1.29 is 19.4 Å². The van der Waals surface area contributed by atoms with Crippen LogP contribution in [0.25, 0.3) is 0 Å². The Kier molecular flexibility index (Phi) is 7.86. The molecule has 0 unspecified atom stereocenters. The molecule has 2 aromatic rings. The SMILES string of the molecule is CCCCCCOC(=O)c1cccc(NCC)c1C(=O)c1ccc(O)cc1. The minimum atomic E-state index is -0.492. The summed E-state index contributed by atoms with van der Waals surface area (Å²) in [6.45, 7) is 5.01. The van der Waals surface area contributed by atoms with Crippen molar-refractivity contribution in [1.29, 1.82) is 0 Å². The molecule has 0 amide bonds. The molecule has 0 fully saturated rings. The first-order valence-corrected chi connectivity index (χ1v) is 9.46. The second-order valence-electron chi connectivity index (χ2n) is 6.33. The van der Waals surface area contributed by atoms with Crippen LogP contribution in [0.3, 0.4) is 0 Å². The van der Waals surface area contributed by atoms with Gasteiger partial charge in [0.2, 0.25) is 0 Å². The quantitative estimate of drug-likeness (QED) is 0.358. The predicted molar refractivity (Wildman–Crippen MR) is 107 cm³/mol. The van der Waals surface area contributed by atoms with Crippen molar-refractivity contribution in [3.05, 3.63) is 59.2 Å². The zero-order valence-electron chi connectivity index (χ0n) is 16.0. The largest absolute Gasteiger partial charge is 0.508 e. The van der Waals surface area contributed by atoms with E-state index in [9.17, 15) is 14.7 Å². The number of hydrogen-bond donors (Lipinski definition) is 2. The van der Waals surface area contributed by atoms with E-state index in [-0.39, 0.29) is 17.1 Å². The second-order valence-corrected chi connectivity index (χ2v) is 6.33. The zero-order chi connectivity index (χ0) is 19.6. The standard InChI is InChI=1S/C22H27NO4/c1-3-5-6-7-15-27-22(26)18-9-8-10-19(23-4-2)20(18)21(25)16-11-13-17(24)14-12-16/h8-14,23-24H,3-7,15H2,1-2H3. The average molecular weight is 369 g/mol. The molecular formula is C22H27NO4. The number of phenols is 1. The summed E-state index contributed by atoms with van der Waals surface area (Å²) < 4.78 is 5.39. The number of hydrogen-bond acceptors (Lipinski definition) is 5. The number of carbonyl (C=O) groups excluding carboxylic acids is 2. The number of aromatic hydroxyl groups is 1. The molecule has 5 heteroatoms. The Morgan fingerprint density at radius 2 is 1.74 bits per heavy atom. The van der Waals surface area contributed by atoms with Gasteiger partial charge in [-0.15, -0.1) is 0 Å². The molecule has 144 valence electrons. The molecule has 0 aliphatic rings. The fourth-order valence-corrected chi connectivity index (χ4v) is 2.83. The highest BCUT2D eigenvalue weighted by Gasteiger charge is 2.23. The fourth-order valence-electron chi connectivity index (χ4n) is 2.83. The number of ether oxygens (including phenoxy) is 1. The van der Waals surface area contributed by atoms with E-state index in [0.29, 0.717) is 30.0 Å². The van der Waals surface area contributed by atoms with Crippen molar-refractivity contribution in [2.45, 2.75) is 39.5 Å². The normalized spacial score (nSPS) is 10.4. The number of carbonyl (C=O) groups is 2. The molecule has 0 bridgehead atoms. The highest BCUT2D eigenvalue weighted by Crippen LogP contribution is 2.25. The molecule has 0 aliphatic heterocycles. The number of benzene rings is 2. The Labute approximate surface area is 160 Å². The summed E-state index contributed by atoms with van der Waals surface area (Å²) in [5.41, 5.74) is 1.54. The van der Waals surface area contributed by atoms with Crippen LogP contribution in [0.15, 0.2) is 42.5 Å². The molecule has 0 spiro atoms. The number of phenolic OH excluding ortho intramolecular Hbond substituents is 1. The van der Waals surface area contributed by atoms with Crippen LogP contribution < -0.4 is 5.32 Å². The van der Waals surface area contributed by atoms with Crippen molar-refractivity contribution in [1.82, 2.24) is 0 Å². The summed E-state index contributed by atoms with van der Waals surface area (Å²) >= 11 is 0. The maximum Gasteiger partial charge on any atom is 0.338 e. The molecule has 0 saturated carbocycles. The molecular weight excluding hydrogens is 342 g/mol. The number of ketones is 1. The van der Waals surface area contributed by atoms with Crippen molar-refractivity contribution in [2.75, 3.05) is 18.5 Å². The van der Waals surface area contributed by atoms with E-state index in [1.807, 2.05) is 6.92 Å². The van der Waals surface area contributed by atoms with Gasteiger partial charge < -0.3 is 15.2 Å². The topological polar surface area (TPSA) is 75.6 Å². The van der Waals surface area contributed by atoms with Crippen LogP contribution >= 0.6 is 0 Å². The van der Waals surface area contributed by atoms with Crippen LogP contribution in [0, 0.1) is 0 Å². The Balaban J connectivity index is 2.28. The van der Waals surface area contributed by atoms with Crippen LogP contribution in [0.4, 0.5) is 5.69 Å². The molecule has 0 atom stereocenters. The van der Waals surface area contributed by atoms with Crippen LogP contribution in [0.1, 0.15) is 65.8 Å². The molecule has 0 radical (unpaired) electrons. The predicted octanol–water partition coefficient (Wildman–Crippen LogP) is 4.79. The monoisotopic (exact) mass is 369 g/mol. The van der Waals surface area contributed by atoms with Crippen LogP contribution in [0.5, 0.6) is 5.75 Å². The smallest absolute Gasteiger partial charge is 0.338 e. The summed E-state index contributed by atoms with van der Waals surface area (Å²) in [5, 5.41) is 12.6. The molecule has 27 heavy (non-hydrogen) atoms. The van der Waals surface area contributed by atoms with E-state index >= 15 is 0 Å². The van der Waals surface area contributed by atoms with Crippen LogP contribution in [-0.4, -0.2) is 30.0 Å². The molecule has 2 N–H and O–H groups in total. The number of nitrogens with one attached hydrogen (secondary N) is 1. The molecule has 0 aliphatic carbocycles. The maximum atomic E-state index is 13.1. The molecule has 0 saturated heterocycles. The molecule has 0 heterocycles. The second kappa shape index (κ2) is 10.4. The first-order chi connectivity index (χ1) is 13.1. The van der Waals surface area contributed by atoms with Gasteiger partial charge in [0.1, 0.15) is 5.75 Å². The summed E-state index contributed by atoms with van der Waals surface area (Å²) in [5.74, 6) is -0.698. The summed E-state index contributed by atoms with van der Waals surface area (Å²) in [6, 6.07) is 11.1. The lowest BCUT2D eigenvalue weighted by Gasteiger charge is -2.14. The lowest BCUT2D eigenvalue weighted by molar-refractivity contribution is 0.0495. The van der Waals surface area contributed by atoms with Gasteiger partial charge in [0.15, 0.2) is 5.78 Å². The Morgan fingerprint density at radius 1 is 1.00 bits per heavy atom. The maximum absolute atomic E-state index is 13.1. The minimum Gasteiger partial charge on any atom is -0.508 e. The number of esters is 1. The van der Waals surface area contributed by atoms with E-state index in [1.54, 1.807) is 30.3 Å². The van der Waals surface area contributed by atoms with Gasteiger partial charge in [-0.05, 0) is 49.7 Å². The fraction of sp³-hybridized carbons (Fsp3) is 0.364. The van der Waals surface area contributed by atoms with Crippen LogP contribution in [0.2, 0.25) is 0 Å². The van der Waals surface area contributed by atoms with Gasteiger partial charge >= 0.3 is 5.97 Å². The lowest BCUT2D eigenvalue weighted by atomic mass is 9.96. The van der Waals surface area contributed by atoms with E-state index in [1.165, 1.54) is 12.1 Å². The van der Waals surface area contributed by atoms with Gasteiger partial charge in [-0.1, -0.05) is 32.3 Å². The van der Waals surface area contributed by atoms with E-state index in [4.69, 9.17) is 4.74 Å². The molecule has 0 aromatic heterocycles. The van der Waals surface area contributed by atoms with E-state index < -0.39 is 5.97 Å². The Hall–Kier alpha value is -2.82. The average Bonchev–Trinajstić information content (AvgIpc) is 2.68. The lowest BCUT2D eigenvalue weighted by Crippen LogP contribution is -2.16. The molecule has 2 aromatic carbocycles. The number of anilines is 1. The first kappa shape index (κ1) is 20.5. The van der Waals surface area contributed by atoms with Gasteiger partial charge in [-0.25, -0.2) is 4.79 Å².